The third-order valence-corrected chi connectivity index (χ3v) is 5.65. The summed E-state index contributed by atoms with van der Waals surface area (Å²) in [5, 5.41) is 6.11. The van der Waals surface area contributed by atoms with Crippen molar-refractivity contribution in [2.24, 2.45) is 0 Å². The Morgan fingerprint density at radius 3 is 2.65 bits per heavy atom. The molecule has 1 heterocycles. The van der Waals surface area contributed by atoms with Gasteiger partial charge in [0.1, 0.15) is 0 Å². The lowest BCUT2D eigenvalue weighted by Crippen LogP contribution is -2.34. The molecule has 0 spiro atoms. The molecular weight excluding hydrogens is 434 g/mol. The Balaban J connectivity index is 1.78. The molecule has 3 aromatic rings. The van der Waals surface area contributed by atoms with E-state index in [2.05, 4.69) is 26.2 Å². The molecule has 0 saturated carbocycles. The lowest BCUT2D eigenvalue weighted by atomic mass is 10.2. The first-order valence-corrected chi connectivity index (χ1v) is 10.1. The summed E-state index contributed by atoms with van der Waals surface area (Å²) in [6.45, 7) is 4.35. The highest BCUT2D eigenvalue weighted by atomic mass is 79.9. The van der Waals surface area contributed by atoms with Gasteiger partial charge in [-0.15, -0.1) is 11.3 Å². The highest BCUT2D eigenvalue weighted by Gasteiger charge is 2.18. The van der Waals surface area contributed by atoms with Gasteiger partial charge < -0.3 is 5.32 Å². The molecule has 0 bridgehead atoms. The van der Waals surface area contributed by atoms with Crippen molar-refractivity contribution < 1.29 is 4.79 Å². The summed E-state index contributed by atoms with van der Waals surface area (Å²) in [5.74, 6) is 0. The van der Waals surface area contributed by atoms with Gasteiger partial charge in [0.05, 0.1) is 5.69 Å². The summed E-state index contributed by atoms with van der Waals surface area (Å²) in [6, 6.07) is 13.2. The van der Waals surface area contributed by atoms with Gasteiger partial charge in [-0.05, 0) is 43.7 Å². The van der Waals surface area contributed by atoms with Gasteiger partial charge in [0.15, 0.2) is 5.13 Å². The van der Waals surface area contributed by atoms with Crippen molar-refractivity contribution in [3.8, 4) is 11.3 Å². The molecule has 0 radical (unpaired) electrons. The topological polar surface area (TPSA) is 45.2 Å². The smallest absolute Gasteiger partial charge is 0.307 e. The molecule has 4 nitrogen and oxygen atoms in total. The van der Waals surface area contributed by atoms with Gasteiger partial charge in [-0.1, -0.05) is 45.7 Å². The van der Waals surface area contributed by atoms with Crippen LogP contribution in [0.4, 0.5) is 15.6 Å². The van der Waals surface area contributed by atoms with Gasteiger partial charge in [0, 0.05) is 32.7 Å². The van der Waals surface area contributed by atoms with E-state index in [1.807, 2.05) is 55.6 Å². The first-order valence-electron chi connectivity index (χ1n) is 8.04. The Bertz CT molecular complexity index is 927. The minimum absolute atomic E-state index is 0.232. The SMILES string of the molecule is CCN(C(=O)Nc1ccc(C)c(Cl)c1)c1nc(-c2ccc(Br)cc2)cs1. The fraction of sp³-hybridized carbons (Fsp3) is 0.158. The fourth-order valence-electron chi connectivity index (χ4n) is 2.37. The second-order valence-electron chi connectivity index (χ2n) is 5.66. The van der Waals surface area contributed by atoms with E-state index in [1.165, 1.54) is 11.3 Å². The van der Waals surface area contributed by atoms with Crippen LogP contribution in [0, 0.1) is 6.92 Å². The van der Waals surface area contributed by atoms with Crippen LogP contribution in [0.2, 0.25) is 5.02 Å². The molecule has 0 aliphatic heterocycles. The summed E-state index contributed by atoms with van der Waals surface area (Å²) in [5.41, 5.74) is 3.49. The number of carbonyl (C=O) groups is 1. The monoisotopic (exact) mass is 449 g/mol. The molecule has 1 N–H and O–H groups in total. The van der Waals surface area contributed by atoms with Crippen LogP contribution in [0.15, 0.2) is 52.3 Å². The molecule has 0 saturated heterocycles. The van der Waals surface area contributed by atoms with Crippen LogP contribution in [0.5, 0.6) is 0 Å². The number of halogens is 2. The van der Waals surface area contributed by atoms with Crippen LogP contribution in [0.25, 0.3) is 11.3 Å². The number of nitrogens with one attached hydrogen (secondary N) is 1. The Morgan fingerprint density at radius 2 is 2.00 bits per heavy atom. The van der Waals surface area contributed by atoms with Gasteiger partial charge in [-0.25, -0.2) is 9.78 Å². The normalized spacial score (nSPS) is 10.6. The van der Waals surface area contributed by atoms with Gasteiger partial charge in [-0.2, -0.15) is 0 Å². The summed E-state index contributed by atoms with van der Waals surface area (Å²) >= 11 is 11.0. The van der Waals surface area contributed by atoms with Crippen molar-refractivity contribution in [1.29, 1.82) is 0 Å². The number of nitrogens with zero attached hydrogens (tertiary/aromatic N) is 2. The van der Waals surface area contributed by atoms with E-state index in [9.17, 15) is 4.79 Å². The van der Waals surface area contributed by atoms with E-state index < -0.39 is 0 Å². The number of carbonyl (C=O) groups excluding carboxylic acids is 1. The quantitative estimate of drug-likeness (QED) is 0.487. The molecule has 26 heavy (non-hydrogen) atoms. The maximum Gasteiger partial charge on any atom is 0.328 e. The van der Waals surface area contributed by atoms with Gasteiger partial charge in [0.2, 0.25) is 0 Å². The van der Waals surface area contributed by atoms with Crippen LogP contribution in [0.3, 0.4) is 0 Å². The number of hydrogen-bond acceptors (Lipinski definition) is 3. The molecule has 0 fully saturated rings. The fourth-order valence-corrected chi connectivity index (χ4v) is 3.71. The summed E-state index contributed by atoms with van der Waals surface area (Å²) in [7, 11) is 0. The number of hydrogen-bond donors (Lipinski definition) is 1. The van der Waals surface area contributed by atoms with Gasteiger partial charge >= 0.3 is 6.03 Å². The highest BCUT2D eigenvalue weighted by molar-refractivity contribution is 9.10. The molecule has 7 heteroatoms. The number of anilines is 2. The molecular formula is C19H17BrClN3OS. The molecule has 2 aromatic carbocycles. The second kappa shape index (κ2) is 8.20. The zero-order valence-corrected chi connectivity index (χ0v) is 17.5. The molecule has 3 rings (SSSR count). The first-order chi connectivity index (χ1) is 12.5. The number of urea groups is 1. The lowest BCUT2D eigenvalue weighted by molar-refractivity contribution is 0.257. The summed E-state index contributed by atoms with van der Waals surface area (Å²) < 4.78 is 1.02. The standard InChI is InChI=1S/C19H17BrClN3OS/c1-3-24(18(25)22-15-9-4-12(2)16(21)10-15)19-23-17(11-26-19)13-5-7-14(20)8-6-13/h4-11H,3H2,1-2H3,(H,22,25). The third kappa shape index (κ3) is 4.26. The van der Waals surface area contributed by atoms with Crippen molar-refractivity contribution in [2.75, 3.05) is 16.8 Å². The number of amides is 2. The minimum atomic E-state index is -0.232. The summed E-state index contributed by atoms with van der Waals surface area (Å²) in [4.78, 5) is 18.9. The van der Waals surface area contributed by atoms with Gasteiger partial charge in [0.25, 0.3) is 0 Å². The maximum atomic E-state index is 12.7. The van der Waals surface area contributed by atoms with Crippen molar-refractivity contribution in [1.82, 2.24) is 4.98 Å². The van der Waals surface area contributed by atoms with E-state index in [-0.39, 0.29) is 6.03 Å². The van der Waals surface area contributed by atoms with Crippen LogP contribution >= 0.6 is 38.9 Å². The molecule has 0 aliphatic carbocycles. The van der Waals surface area contributed by atoms with E-state index in [0.717, 1.165) is 21.3 Å². The second-order valence-corrected chi connectivity index (χ2v) is 7.82. The average Bonchev–Trinajstić information content (AvgIpc) is 3.09. The van der Waals surface area contributed by atoms with Crippen molar-refractivity contribution >= 4 is 55.7 Å². The predicted molar refractivity (Wildman–Crippen MR) is 113 cm³/mol. The van der Waals surface area contributed by atoms with Gasteiger partial charge in [-0.3, -0.25) is 4.90 Å². The van der Waals surface area contributed by atoms with Crippen LogP contribution in [0.1, 0.15) is 12.5 Å². The molecule has 2 amide bonds. The number of thiazole rings is 1. The largest absolute Gasteiger partial charge is 0.328 e. The first kappa shape index (κ1) is 18.9. The zero-order chi connectivity index (χ0) is 18.7. The predicted octanol–water partition coefficient (Wildman–Crippen LogP) is 6.59. The lowest BCUT2D eigenvalue weighted by Gasteiger charge is -2.18. The Labute approximate surface area is 170 Å². The van der Waals surface area contributed by atoms with Crippen LogP contribution in [-0.4, -0.2) is 17.6 Å². The molecule has 1 aromatic heterocycles. The van der Waals surface area contributed by atoms with Crippen molar-refractivity contribution in [2.45, 2.75) is 13.8 Å². The van der Waals surface area contributed by atoms with E-state index in [1.54, 1.807) is 11.0 Å². The van der Waals surface area contributed by atoms with Crippen molar-refractivity contribution in [3.63, 3.8) is 0 Å². The van der Waals surface area contributed by atoms with E-state index in [0.29, 0.717) is 22.4 Å². The number of benzene rings is 2. The Kier molecular flexibility index (Phi) is 5.96. The van der Waals surface area contributed by atoms with E-state index >= 15 is 0 Å². The van der Waals surface area contributed by atoms with E-state index in [4.69, 9.17) is 11.6 Å². The average molecular weight is 451 g/mol. The molecule has 0 atom stereocenters. The van der Waals surface area contributed by atoms with Crippen LogP contribution in [-0.2, 0) is 0 Å². The Hall–Kier alpha value is -1.89. The molecule has 134 valence electrons. The number of aromatic nitrogens is 1. The third-order valence-electron chi connectivity index (χ3n) is 3.85. The number of rotatable bonds is 4. The minimum Gasteiger partial charge on any atom is -0.307 e. The highest BCUT2D eigenvalue weighted by Crippen LogP contribution is 2.29. The summed E-state index contributed by atoms with van der Waals surface area (Å²) in [6.07, 6.45) is 0. The molecule has 0 aliphatic rings. The molecule has 0 unspecified atom stereocenters. The van der Waals surface area contributed by atoms with Crippen LogP contribution < -0.4 is 10.2 Å². The Morgan fingerprint density at radius 1 is 1.27 bits per heavy atom. The number of aryl methyl sites for hydroxylation is 1. The maximum absolute atomic E-state index is 12.7. The zero-order valence-electron chi connectivity index (χ0n) is 14.3. The van der Waals surface area contributed by atoms with Crippen molar-refractivity contribution in [3.05, 3.63) is 62.9 Å².